The molecule has 0 bridgehead atoms. The van der Waals surface area contributed by atoms with Crippen molar-refractivity contribution in [2.45, 2.75) is 58.0 Å². The van der Waals surface area contributed by atoms with Crippen LogP contribution in [0.3, 0.4) is 0 Å². The summed E-state index contributed by atoms with van der Waals surface area (Å²) >= 11 is 5.99. The van der Waals surface area contributed by atoms with Gasteiger partial charge in [-0.1, -0.05) is 61.9 Å². The molecule has 0 aromatic heterocycles. The van der Waals surface area contributed by atoms with E-state index in [-0.39, 0.29) is 0 Å². The number of halogens is 1. The zero-order valence-electron chi connectivity index (χ0n) is 16.5. The first-order chi connectivity index (χ1) is 13.5. The number of hydrogen-bond acceptors (Lipinski definition) is 2. The van der Waals surface area contributed by atoms with E-state index in [0.717, 1.165) is 17.2 Å². The van der Waals surface area contributed by atoms with Crippen LogP contribution in [0.25, 0.3) is 0 Å². The third-order valence-corrected chi connectivity index (χ3v) is 5.84. The Morgan fingerprint density at radius 1 is 1.14 bits per heavy atom. The maximum Gasteiger partial charge on any atom is 0.323 e. The third kappa shape index (κ3) is 5.49. The molecule has 1 fully saturated rings. The molecule has 2 amide bonds. The monoisotopic (exact) mass is 399 g/mol. The molecular formula is C23H30ClN3O. The number of benzene rings is 2. The number of para-hydroxylation sites is 1. The molecule has 0 saturated heterocycles. The SMILES string of the molecule is CC(CC1CCCCC1)NCc1ccccc1N(C(N)=O)c1ccc(Cl)cc1. The van der Waals surface area contributed by atoms with Gasteiger partial charge in [0.15, 0.2) is 0 Å². The van der Waals surface area contributed by atoms with Crippen LogP contribution >= 0.6 is 11.6 Å². The number of carbonyl (C=O) groups is 1. The van der Waals surface area contributed by atoms with Crippen molar-refractivity contribution in [2.75, 3.05) is 4.90 Å². The highest BCUT2D eigenvalue weighted by molar-refractivity contribution is 6.30. The summed E-state index contributed by atoms with van der Waals surface area (Å²) in [6.45, 7) is 2.95. The number of nitrogens with zero attached hydrogens (tertiary/aromatic N) is 1. The maximum atomic E-state index is 12.2. The summed E-state index contributed by atoms with van der Waals surface area (Å²) < 4.78 is 0. The summed E-state index contributed by atoms with van der Waals surface area (Å²) in [5, 5.41) is 4.27. The number of carbonyl (C=O) groups excluding carboxylic acids is 1. The number of amides is 2. The third-order valence-electron chi connectivity index (χ3n) is 5.59. The molecule has 1 aliphatic rings. The van der Waals surface area contributed by atoms with E-state index in [1.807, 2.05) is 36.4 Å². The summed E-state index contributed by atoms with van der Waals surface area (Å²) in [6, 6.07) is 15.0. The van der Waals surface area contributed by atoms with Crippen molar-refractivity contribution in [3.63, 3.8) is 0 Å². The van der Waals surface area contributed by atoms with Crippen LogP contribution < -0.4 is 16.0 Å². The molecule has 1 atom stereocenters. The molecule has 0 spiro atoms. The molecule has 2 aromatic carbocycles. The number of primary amides is 1. The molecule has 3 N–H and O–H groups in total. The van der Waals surface area contributed by atoms with Crippen LogP contribution in [0.2, 0.25) is 5.02 Å². The molecule has 3 rings (SSSR count). The molecule has 0 radical (unpaired) electrons. The second-order valence-electron chi connectivity index (χ2n) is 7.80. The van der Waals surface area contributed by atoms with Crippen molar-refractivity contribution in [3.8, 4) is 0 Å². The van der Waals surface area contributed by atoms with Crippen molar-refractivity contribution >= 4 is 29.0 Å². The van der Waals surface area contributed by atoms with Gasteiger partial charge >= 0.3 is 6.03 Å². The minimum absolute atomic E-state index is 0.439. The highest BCUT2D eigenvalue weighted by Crippen LogP contribution is 2.30. The smallest absolute Gasteiger partial charge is 0.323 e. The van der Waals surface area contributed by atoms with E-state index in [2.05, 4.69) is 12.2 Å². The van der Waals surface area contributed by atoms with Crippen LogP contribution in [0.5, 0.6) is 0 Å². The maximum absolute atomic E-state index is 12.2. The second-order valence-corrected chi connectivity index (χ2v) is 8.24. The van der Waals surface area contributed by atoms with Gasteiger partial charge in [0.1, 0.15) is 0 Å². The normalized spacial score (nSPS) is 15.9. The van der Waals surface area contributed by atoms with E-state index in [9.17, 15) is 4.79 Å². The quantitative estimate of drug-likeness (QED) is 0.599. The molecule has 1 unspecified atom stereocenters. The molecule has 2 aromatic rings. The van der Waals surface area contributed by atoms with Crippen molar-refractivity contribution in [2.24, 2.45) is 11.7 Å². The van der Waals surface area contributed by atoms with Gasteiger partial charge < -0.3 is 11.1 Å². The second kappa shape index (κ2) is 9.94. The van der Waals surface area contributed by atoms with Gasteiger partial charge in [-0.3, -0.25) is 4.90 Å². The first-order valence-corrected chi connectivity index (χ1v) is 10.6. The van der Waals surface area contributed by atoms with Crippen LogP contribution in [-0.2, 0) is 6.54 Å². The standard InChI is InChI=1S/C23H30ClN3O/c1-17(15-18-7-3-2-4-8-18)26-16-19-9-5-6-10-22(19)27(23(25)28)21-13-11-20(24)12-14-21/h5-6,9-14,17-18,26H,2-4,7-8,15-16H2,1H3,(H2,25,28). The number of anilines is 2. The Morgan fingerprint density at radius 3 is 2.50 bits per heavy atom. The zero-order valence-corrected chi connectivity index (χ0v) is 17.3. The number of hydrogen-bond donors (Lipinski definition) is 2. The van der Waals surface area contributed by atoms with Crippen molar-refractivity contribution < 1.29 is 4.79 Å². The van der Waals surface area contributed by atoms with Gasteiger partial charge in [0, 0.05) is 17.6 Å². The first kappa shape index (κ1) is 20.7. The Labute approximate surface area is 173 Å². The fourth-order valence-electron chi connectivity index (χ4n) is 4.14. The van der Waals surface area contributed by atoms with Gasteiger partial charge in [-0.05, 0) is 55.2 Å². The van der Waals surface area contributed by atoms with Gasteiger partial charge in [0.25, 0.3) is 0 Å². The Bertz CT molecular complexity index is 772. The number of rotatable bonds is 7. The van der Waals surface area contributed by atoms with Crippen molar-refractivity contribution in [1.82, 2.24) is 5.32 Å². The summed E-state index contributed by atoms with van der Waals surface area (Å²) in [5.74, 6) is 0.836. The summed E-state index contributed by atoms with van der Waals surface area (Å²) in [5.41, 5.74) is 8.28. The number of nitrogens with two attached hydrogens (primary N) is 1. The molecule has 1 saturated carbocycles. The van der Waals surface area contributed by atoms with Gasteiger partial charge in [-0.2, -0.15) is 0 Å². The van der Waals surface area contributed by atoms with Crippen LogP contribution in [0.4, 0.5) is 16.2 Å². The van der Waals surface area contributed by atoms with Gasteiger partial charge in [0.05, 0.1) is 11.4 Å². The van der Waals surface area contributed by atoms with E-state index in [0.29, 0.717) is 23.3 Å². The van der Waals surface area contributed by atoms with Gasteiger partial charge in [-0.15, -0.1) is 0 Å². The average Bonchev–Trinajstić information content (AvgIpc) is 2.69. The molecule has 150 valence electrons. The van der Waals surface area contributed by atoms with E-state index < -0.39 is 6.03 Å². The minimum Gasteiger partial charge on any atom is -0.351 e. The van der Waals surface area contributed by atoms with Crippen LogP contribution in [-0.4, -0.2) is 12.1 Å². The van der Waals surface area contributed by atoms with Crippen LogP contribution in [0, 0.1) is 5.92 Å². The predicted octanol–water partition coefficient (Wildman–Crippen LogP) is 6.01. The van der Waals surface area contributed by atoms with E-state index in [1.165, 1.54) is 38.5 Å². The Hall–Kier alpha value is -2.04. The fraction of sp³-hybridized carbons (Fsp3) is 0.435. The summed E-state index contributed by atoms with van der Waals surface area (Å²) in [4.78, 5) is 13.8. The number of nitrogens with one attached hydrogen (secondary N) is 1. The first-order valence-electron chi connectivity index (χ1n) is 10.2. The van der Waals surface area contributed by atoms with E-state index in [1.54, 1.807) is 17.0 Å². The molecule has 1 aliphatic carbocycles. The molecular weight excluding hydrogens is 370 g/mol. The zero-order chi connectivity index (χ0) is 19.9. The Kier molecular flexibility index (Phi) is 7.35. The Morgan fingerprint density at radius 2 is 1.82 bits per heavy atom. The Balaban J connectivity index is 1.72. The topological polar surface area (TPSA) is 58.4 Å². The molecule has 5 heteroatoms. The lowest BCUT2D eigenvalue weighted by Gasteiger charge is -2.27. The van der Waals surface area contributed by atoms with Crippen molar-refractivity contribution in [3.05, 3.63) is 59.1 Å². The van der Waals surface area contributed by atoms with E-state index in [4.69, 9.17) is 17.3 Å². The highest BCUT2D eigenvalue weighted by atomic mass is 35.5. The molecule has 0 heterocycles. The van der Waals surface area contributed by atoms with Gasteiger partial charge in [0.2, 0.25) is 0 Å². The van der Waals surface area contributed by atoms with Crippen LogP contribution in [0.15, 0.2) is 48.5 Å². The lowest BCUT2D eigenvalue weighted by molar-refractivity contribution is 0.256. The van der Waals surface area contributed by atoms with Crippen molar-refractivity contribution in [1.29, 1.82) is 0 Å². The minimum atomic E-state index is -0.509. The lowest BCUT2D eigenvalue weighted by Crippen LogP contribution is -2.33. The molecule has 0 aliphatic heterocycles. The summed E-state index contributed by atoms with van der Waals surface area (Å²) in [7, 11) is 0. The largest absolute Gasteiger partial charge is 0.351 e. The number of urea groups is 1. The molecule has 28 heavy (non-hydrogen) atoms. The van der Waals surface area contributed by atoms with Crippen LogP contribution in [0.1, 0.15) is 51.0 Å². The summed E-state index contributed by atoms with van der Waals surface area (Å²) in [6.07, 6.45) is 8.05. The molecule has 4 nitrogen and oxygen atoms in total. The average molecular weight is 400 g/mol. The lowest BCUT2D eigenvalue weighted by atomic mass is 9.85. The predicted molar refractivity (Wildman–Crippen MR) is 117 cm³/mol. The highest BCUT2D eigenvalue weighted by Gasteiger charge is 2.20. The van der Waals surface area contributed by atoms with Gasteiger partial charge in [-0.25, -0.2) is 4.79 Å². The fourth-order valence-corrected chi connectivity index (χ4v) is 4.27. The van der Waals surface area contributed by atoms with E-state index >= 15 is 0 Å².